The van der Waals surface area contributed by atoms with E-state index in [0.717, 1.165) is 16.3 Å². The molecule has 2 aromatic heterocycles. The van der Waals surface area contributed by atoms with Gasteiger partial charge in [-0.3, -0.25) is 9.59 Å². The Hall–Kier alpha value is -2.93. The van der Waals surface area contributed by atoms with E-state index in [1.165, 1.54) is 18.3 Å². The average molecular weight is 382 g/mol. The molecular formula is C20H22N4O2S. The van der Waals surface area contributed by atoms with Crippen molar-refractivity contribution < 1.29 is 9.59 Å². The second-order valence-corrected chi connectivity index (χ2v) is 7.26. The van der Waals surface area contributed by atoms with E-state index in [-0.39, 0.29) is 30.3 Å². The third-order valence-electron chi connectivity index (χ3n) is 4.21. The second kappa shape index (κ2) is 8.64. The Morgan fingerprint density at radius 1 is 1.15 bits per heavy atom. The minimum atomic E-state index is -0.361. The second-order valence-electron chi connectivity index (χ2n) is 6.28. The summed E-state index contributed by atoms with van der Waals surface area (Å²) in [5, 5.41) is 7.87. The quantitative estimate of drug-likeness (QED) is 0.660. The molecule has 0 bridgehead atoms. The number of rotatable bonds is 7. The Bertz CT molecular complexity index is 890. The standard InChI is InChI=1S/C20H22N4O2S/c1-14(25)22-16(17-9-6-12-27-17)13-18(26)23-19(15-7-4-3-5-8-15)20-21-10-11-24(20)2/h3-12,16,19H,13H2,1-2H3,(H,22,25)(H,23,26)/t16-,19-/m0/s1. The lowest BCUT2D eigenvalue weighted by atomic mass is 10.1. The van der Waals surface area contributed by atoms with Crippen molar-refractivity contribution in [1.82, 2.24) is 20.2 Å². The summed E-state index contributed by atoms with van der Waals surface area (Å²) < 4.78 is 1.89. The largest absolute Gasteiger partial charge is 0.348 e. The van der Waals surface area contributed by atoms with Crippen LogP contribution in [0.4, 0.5) is 0 Å². The van der Waals surface area contributed by atoms with Gasteiger partial charge in [-0.05, 0) is 17.0 Å². The number of nitrogens with zero attached hydrogens (tertiary/aromatic N) is 2. The van der Waals surface area contributed by atoms with E-state index in [0.29, 0.717) is 0 Å². The summed E-state index contributed by atoms with van der Waals surface area (Å²) >= 11 is 1.52. The van der Waals surface area contributed by atoms with Gasteiger partial charge in [0.1, 0.15) is 11.9 Å². The first-order chi connectivity index (χ1) is 13.0. The monoisotopic (exact) mass is 382 g/mol. The van der Waals surface area contributed by atoms with Gasteiger partial charge in [0.05, 0.1) is 12.5 Å². The molecule has 3 aromatic rings. The molecule has 0 aliphatic carbocycles. The van der Waals surface area contributed by atoms with Crippen molar-refractivity contribution in [2.24, 2.45) is 7.05 Å². The molecule has 2 atom stereocenters. The summed E-state index contributed by atoms with van der Waals surface area (Å²) in [6.07, 6.45) is 3.72. The highest BCUT2D eigenvalue weighted by atomic mass is 32.1. The normalized spacial score (nSPS) is 13.0. The highest BCUT2D eigenvalue weighted by Crippen LogP contribution is 2.24. The number of benzene rings is 1. The van der Waals surface area contributed by atoms with Crippen LogP contribution in [-0.4, -0.2) is 21.4 Å². The van der Waals surface area contributed by atoms with E-state index < -0.39 is 0 Å². The van der Waals surface area contributed by atoms with Gasteiger partial charge in [0, 0.05) is 31.2 Å². The van der Waals surface area contributed by atoms with Gasteiger partial charge in [0.2, 0.25) is 11.8 Å². The Labute approximate surface area is 162 Å². The van der Waals surface area contributed by atoms with Crippen LogP contribution in [0.3, 0.4) is 0 Å². The van der Waals surface area contributed by atoms with Crippen LogP contribution in [0.2, 0.25) is 0 Å². The maximum absolute atomic E-state index is 12.8. The molecule has 2 heterocycles. The number of hydrogen-bond acceptors (Lipinski definition) is 4. The zero-order chi connectivity index (χ0) is 19.2. The van der Waals surface area contributed by atoms with Crippen molar-refractivity contribution in [2.45, 2.75) is 25.4 Å². The minimum absolute atomic E-state index is 0.154. The number of hydrogen-bond donors (Lipinski definition) is 2. The van der Waals surface area contributed by atoms with Crippen LogP contribution in [-0.2, 0) is 16.6 Å². The summed E-state index contributed by atoms with van der Waals surface area (Å²) in [5.74, 6) is 0.436. The molecule has 2 amide bonds. The lowest BCUT2D eigenvalue weighted by Crippen LogP contribution is -2.35. The first-order valence-electron chi connectivity index (χ1n) is 8.66. The summed E-state index contributed by atoms with van der Waals surface area (Å²) in [6, 6.07) is 12.9. The van der Waals surface area contributed by atoms with Gasteiger partial charge in [0.25, 0.3) is 0 Å². The molecule has 0 aliphatic heterocycles. The molecule has 1 aromatic carbocycles. The van der Waals surface area contributed by atoms with Gasteiger partial charge in [-0.1, -0.05) is 36.4 Å². The van der Waals surface area contributed by atoms with Gasteiger partial charge >= 0.3 is 0 Å². The van der Waals surface area contributed by atoms with Gasteiger partial charge in [-0.25, -0.2) is 4.98 Å². The van der Waals surface area contributed by atoms with Crippen molar-refractivity contribution in [3.63, 3.8) is 0 Å². The third-order valence-corrected chi connectivity index (χ3v) is 5.19. The van der Waals surface area contributed by atoms with Crippen LogP contribution >= 0.6 is 11.3 Å². The average Bonchev–Trinajstić information content (AvgIpc) is 3.31. The first kappa shape index (κ1) is 18.8. The molecule has 3 rings (SSSR count). The number of imidazole rings is 1. The molecule has 0 saturated carbocycles. The highest BCUT2D eigenvalue weighted by molar-refractivity contribution is 7.10. The summed E-state index contributed by atoms with van der Waals surface area (Å²) in [6.45, 7) is 1.46. The summed E-state index contributed by atoms with van der Waals surface area (Å²) in [5.41, 5.74) is 0.951. The Morgan fingerprint density at radius 3 is 2.52 bits per heavy atom. The molecule has 0 spiro atoms. The van der Waals surface area contributed by atoms with E-state index in [9.17, 15) is 9.59 Å². The van der Waals surface area contributed by atoms with E-state index in [4.69, 9.17) is 0 Å². The van der Waals surface area contributed by atoms with Crippen molar-refractivity contribution in [3.8, 4) is 0 Å². The first-order valence-corrected chi connectivity index (χ1v) is 9.54. The van der Waals surface area contributed by atoms with Crippen LogP contribution in [0.1, 0.15) is 41.7 Å². The lowest BCUT2D eigenvalue weighted by molar-refractivity contribution is -0.123. The number of aromatic nitrogens is 2. The van der Waals surface area contributed by atoms with Gasteiger partial charge in [-0.15, -0.1) is 11.3 Å². The number of amides is 2. The van der Waals surface area contributed by atoms with Gasteiger partial charge < -0.3 is 15.2 Å². The summed E-state index contributed by atoms with van der Waals surface area (Å²) in [4.78, 5) is 29.7. The van der Waals surface area contributed by atoms with Crippen LogP contribution < -0.4 is 10.6 Å². The number of aryl methyl sites for hydroxylation is 1. The smallest absolute Gasteiger partial charge is 0.223 e. The van der Waals surface area contributed by atoms with Crippen LogP contribution in [0.15, 0.2) is 60.2 Å². The maximum atomic E-state index is 12.8. The van der Waals surface area contributed by atoms with E-state index >= 15 is 0 Å². The fourth-order valence-electron chi connectivity index (χ4n) is 2.96. The molecule has 0 radical (unpaired) electrons. The highest BCUT2D eigenvalue weighted by Gasteiger charge is 2.24. The predicted molar refractivity (Wildman–Crippen MR) is 105 cm³/mol. The van der Waals surface area contributed by atoms with Crippen molar-refractivity contribution in [2.75, 3.05) is 0 Å². The van der Waals surface area contributed by atoms with Crippen LogP contribution in [0.25, 0.3) is 0 Å². The number of carbonyl (C=O) groups is 2. The minimum Gasteiger partial charge on any atom is -0.348 e. The zero-order valence-electron chi connectivity index (χ0n) is 15.3. The van der Waals surface area contributed by atoms with Crippen molar-refractivity contribution in [1.29, 1.82) is 0 Å². The predicted octanol–water partition coefficient (Wildman–Crippen LogP) is 2.95. The number of carbonyl (C=O) groups excluding carboxylic acids is 2. The van der Waals surface area contributed by atoms with Gasteiger partial charge in [-0.2, -0.15) is 0 Å². The van der Waals surface area contributed by atoms with Crippen LogP contribution in [0.5, 0.6) is 0 Å². The number of nitrogens with one attached hydrogen (secondary N) is 2. The Kier molecular flexibility index (Phi) is 6.03. The SMILES string of the molecule is CC(=O)N[C@@H](CC(=O)N[C@@H](c1ccccc1)c1nccn1C)c1cccs1. The molecule has 0 aliphatic rings. The Balaban J connectivity index is 1.80. The molecular weight excluding hydrogens is 360 g/mol. The van der Waals surface area contributed by atoms with E-state index in [2.05, 4.69) is 15.6 Å². The molecule has 140 valence electrons. The van der Waals surface area contributed by atoms with Gasteiger partial charge in [0.15, 0.2) is 0 Å². The molecule has 27 heavy (non-hydrogen) atoms. The van der Waals surface area contributed by atoms with E-state index in [1.807, 2.05) is 65.7 Å². The topological polar surface area (TPSA) is 76.0 Å². The molecule has 2 N–H and O–H groups in total. The molecule has 7 heteroatoms. The third kappa shape index (κ3) is 4.83. The molecule has 0 saturated heterocycles. The summed E-state index contributed by atoms with van der Waals surface area (Å²) in [7, 11) is 1.90. The lowest BCUT2D eigenvalue weighted by Gasteiger charge is -2.21. The van der Waals surface area contributed by atoms with Crippen molar-refractivity contribution >= 4 is 23.2 Å². The zero-order valence-corrected chi connectivity index (χ0v) is 16.1. The molecule has 6 nitrogen and oxygen atoms in total. The van der Waals surface area contributed by atoms with E-state index in [1.54, 1.807) is 6.20 Å². The fourth-order valence-corrected chi connectivity index (χ4v) is 3.74. The Morgan fingerprint density at radius 2 is 1.93 bits per heavy atom. The fraction of sp³-hybridized carbons (Fsp3) is 0.250. The molecule has 0 unspecified atom stereocenters. The molecule has 0 fully saturated rings. The maximum Gasteiger partial charge on any atom is 0.223 e. The van der Waals surface area contributed by atoms with Crippen LogP contribution in [0, 0.1) is 0 Å². The number of thiophene rings is 1. The van der Waals surface area contributed by atoms with Crippen molar-refractivity contribution in [3.05, 3.63) is 76.5 Å².